The van der Waals surface area contributed by atoms with Gasteiger partial charge in [-0.1, -0.05) is 29.3 Å². The molecule has 4 rings (SSSR count). The van der Waals surface area contributed by atoms with E-state index >= 15 is 0 Å². The molecule has 0 spiro atoms. The van der Waals surface area contributed by atoms with Crippen LogP contribution >= 0.6 is 23.2 Å². The Morgan fingerprint density at radius 2 is 1.93 bits per heavy atom. The number of aromatic nitrogens is 2. The van der Waals surface area contributed by atoms with E-state index in [2.05, 4.69) is 20.8 Å². The summed E-state index contributed by atoms with van der Waals surface area (Å²) in [6.45, 7) is 1.96. The molecule has 5 nitrogen and oxygen atoms in total. The Hall–Kier alpha value is -1.31. The maximum atomic E-state index is 13.1. The molecule has 0 amide bonds. The number of nitrogens with zero attached hydrogens (tertiary/aromatic N) is 2. The second-order valence-electron chi connectivity index (χ2n) is 7.18. The summed E-state index contributed by atoms with van der Waals surface area (Å²) in [5, 5.41) is 1.03. The van der Waals surface area contributed by atoms with Crippen molar-refractivity contribution in [3.05, 3.63) is 57.8 Å². The topological polar surface area (TPSA) is 59.1 Å². The highest BCUT2D eigenvalue weighted by Crippen LogP contribution is 2.41. The highest BCUT2D eigenvalue weighted by atomic mass is 35.5. The van der Waals surface area contributed by atoms with Crippen molar-refractivity contribution >= 4 is 23.2 Å². The van der Waals surface area contributed by atoms with Gasteiger partial charge in [-0.3, -0.25) is 10.4 Å². The summed E-state index contributed by atoms with van der Waals surface area (Å²) in [5.74, 6) is -0.127. The number of hydrazine groups is 1. The number of hydrogen-bond donors (Lipinski definition) is 2. The summed E-state index contributed by atoms with van der Waals surface area (Å²) in [6.07, 6.45) is 7.48. The van der Waals surface area contributed by atoms with Crippen molar-refractivity contribution in [3.63, 3.8) is 0 Å². The number of hydrogen-bond acceptors (Lipinski definition) is 5. The van der Waals surface area contributed by atoms with E-state index in [9.17, 15) is 4.39 Å². The molecule has 3 heterocycles. The number of halogens is 3. The smallest absolute Gasteiger partial charge is 0.212 e. The van der Waals surface area contributed by atoms with Gasteiger partial charge in [0.25, 0.3) is 0 Å². The van der Waals surface area contributed by atoms with Crippen molar-refractivity contribution < 1.29 is 9.13 Å². The average molecular weight is 411 g/mol. The van der Waals surface area contributed by atoms with Gasteiger partial charge in [0.2, 0.25) is 5.95 Å². The minimum atomic E-state index is -0.467. The maximum absolute atomic E-state index is 13.1. The molecular weight excluding hydrogens is 390 g/mol. The molecule has 2 aliphatic rings. The summed E-state index contributed by atoms with van der Waals surface area (Å²) >= 11 is 12.5. The largest absolute Gasteiger partial charge is 0.370 e. The maximum Gasteiger partial charge on any atom is 0.212 e. The van der Waals surface area contributed by atoms with Crippen LogP contribution in [0, 0.1) is 11.9 Å². The Morgan fingerprint density at radius 3 is 2.63 bits per heavy atom. The van der Waals surface area contributed by atoms with Gasteiger partial charge in [0, 0.05) is 30.2 Å². The van der Waals surface area contributed by atoms with Gasteiger partial charge < -0.3 is 4.74 Å². The Kier molecular flexibility index (Phi) is 5.62. The fraction of sp³-hybridized carbons (Fsp3) is 0.474. The Morgan fingerprint density at radius 1 is 1.15 bits per heavy atom. The third kappa shape index (κ3) is 3.96. The van der Waals surface area contributed by atoms with Crippen molar-refractivity contribution in [2.75, 3.05) is 0 Å². The van der Waals surface area contributed by atoms with E-state index in [1.807, 2.05) is 6.92 Å². The van der Waals surface area contributed by atoms with Gasteiger partial charge in [0.1, 0.15) is 0 Å². The third-order valence-corrected chi connectivity index (χ3v) is 6.11. The second-order valence-corrected chi connectivity index (χ2v) is 8.00. The summed E-state index contributed by atoms with van der Waals surface area (Å²) in [7, 11) is 0. The molecule has 2 fully saturated rings. The molecule has 1 aliphatic carbocycles. The van der Waals surface area contributed by atoms with Crippen LogP contribution < -0.4 is 10.9 Å². The Bertz CT molecular complexity index is 787. The first-order valence-corrected chi connectivity index (χ1v) is 9.85. The molecule has 1 aliphatic heterocycles. The van der Waals surface area contributed by atoms with Crippen LogP contribution in [0.1, 0.15) is 49.5 Å². The lowest BCUT2D eigenvalue weighted by atomic mass is 9.78. The number of fused-ring (bicyclic) bond motifs is 1. The Balaban J connectivity index is 1.46. The minimum Gasteiger partial charge on any atom is -0.370 e. The third-order valence-electron chi connectivity index (χ3n) is 5.51. The van der Waals surface area contributed by atoms with Crippen LogP contribution in [0.5, 0.6) is 0 Å². The van der Waals surface area contributed by atoms with Gasteiger partial charge in [-0.15, -0.1) is 0 Å². The lowest BCUT2D eigenvalue weighted by Gasteiger charge is -2.34. The Labute approximate surface area is 167 Å². The van der Waals surface area contributed by atoms with Gasteiger partial charge >= 0.3 is 0 Å². The lowest BCUT2D eigenvalue weighted by molar-refractivity contribution is -0.0370. The van der Waals surface area contributed by atoms with Gasteiger partial charge in [-0.05, 0) is 43.7 Å². The predicted molar refractivity (Wildman–Crippen MR) is 102 cm³/mol. The molecule has 0 radical (unpaired) electrons. The first-order chi connectivity index (χ1) is 13.0. The van der Waals surface area contributed by atoms with E-state index in [1.54, 1.807) is 24.7 Å². The number of rotatable bonds is 4. The minimum absolute atomic E-state index is 0.0814. The van der Waals surface area contributed by atoms with Crippen molar-refractivity contribution in [3.8, 4) is 0 Å². The molecule has 2 aromatic heterocycles. The van der Waals surface area contributed by atoms with Crippen LogP contribution in [-0.2, 0) is 4.74 Å². The van der Waals surface area contributed by atoms with Crippen LogP contribution in [0.2, 0.25) is 10.0 Å². The molecule has 5 atom stereocenters. The molecule has 8 heteroatoms. The molecule has 0 aromatic carbocycles. The van der Waals surface area contributed by atoms with Gasteiger partial charge in [0.05, 0.1) is 28.3 Å². The van der Waals surface area contributed by atoms with Crippen molar-refractivity contribution in [1.29, 1.82) is 0 Å². The highest BCUT2D eigenvalue weighted by molar-refractivity contribution is 6.35. The van der Waals surface area contributed by atoms with Gasteiger partial charge in [-0.25, -0.2) is 10.4 Å². The number of nitrogens with one attached hydrogen (secondary N) is 2. The summed E-state index contributed by atoms with van der Waals surface area (Å²) in [6, 6.07) is 3.63. The monoisotopic (exact) mass is 410 g/mol. The molecule has 2 N–H and O–H groups in total. The highest BCUT2D eigenvalue weighted by Gasteiger charge is 2.41. The van der Waals surface area contributed by atoms with E-state index in [1.165, 1.54) is 6.07 Å². The first-order valence-electron chi connectivity index (χ1n) is 9.09. The van der Waals surface area contributed by atoms with Gasteiger partial charge in [0.15, 0.2) is 0 Å². The molecule has 27 heavy (non-hydrogen) atoms. The predicted octanol–water partition coefficient (Wildman–Crippen LogP) is 4.39. The van der Waals surface area contributed by atoms with Crippen LogP contribution in [0.4, 0.5) is 4.39 Å². The van der Waals surface area contributed by atoms with Crippen molar-refractivity contribution in [2.24, 2.45) is 5.92 Å². The quantitative estimate of drug-likeness (QED) is 0.731. The summed E-state index contributed by atoms with van der Waals surface area (Å²) in [4.78, 5) is 7.79. The second kappa shape index (κ2) is 7.97. The lowest BCUT2D eigenvalue weighted by Crippen LogP contribution is -2.37. The SMILES string of the molecule is C[C@@H](OC1CCC2NNC(c3ccc(F)nc3)C2C1)c1c(Cl)cncc1Cl. The zero-order valence-electron chi connectivity index (χ0n) is 14.8. The van der Waals surface area contributed by atoms with E-state index in [4.69, 9.17) is 27.9 Å². The average Bonchev–Trinajstić information content (AvgIpc) is 3.05. The molecule has 0 bridgehead atoms. The fourth-order valence-electron chi connectivity index (χ4n) is 4.21. The molecule has 4 unspecified atom stereocenters. The normalized spacial score (nSPS) is 28.7. The van der Waals surface area contributed by atoms with Crippen LogP contribution in [-0.4, -0.2) is 22.1 Å². The molecular formula is C19H21Cl2FN4O. The van der Waals surface area contributed by atoms with E-state index in [-0.39, 0.29) is 18.2 Å². The molecule has 1 saturated heterocycles. The zero-order valence-corrected chi connectivity index (χ0v) is 16.3. The summed E-state index contributed by atoms with van der Waals surface area (Å²) < 4.78 is 19.5. The zero-order chi connectivity index (χ0) is 19.0. The van der Waals surface area contributed by atoms with Crippen LogP contribution in [0.25, 0.3) is 0 Å². The molecule has 1 saturated carbocycles. The van der Waals surface area contributed by atoms with Gasteiger partial charge in [-0.2, -0.15) is 4.39 Å². The number of pyridine rings is 2. The van der Waals surface area contributed by atoms with E-state index in [0.717, 1.165) is 30.4 Å². The van der Waals surface area contributed by atoms with E-state index < -0.39 is 5.95 Å². The standard InChI is InChI=1S/C19H21Cl2FN4O/c1-10(18-14(20)8-23-9-15(18)21)27-12-3-4-16-13(6-12)19(26-25-16)11-2-5-17(22)24-7-11/h2,5,7-10,12-13,16,19,25-26H,3-4,6H2,1H3/t10-,12?,13?,16?,19?/m1/s1. The fourth-order valence-corrected chi connectivity index (χ4v) is 4.88. The van der Waals surface area contributed by atoms with Crippen LogP contribution in [0.3, 0.4) is 0 Å². The van der Waals surface area contributed by atoms with Crippen molar-refractivity contribution in [1.82, 2.24) is 20.8 Å². The molecule has 2 aromatic rings. The number of ether oxygens (including phenoxy) is 1. The van der Waals surface area contributed by atoms with E-state index in [0.29, 0.717) is 22.0 Å². The van der Waals surface area contributed by atoms with Crippen molar-refractivity contribution in [2.45, 2.75) is 50.5 Å². The summed E-state index contributed by atoms with van der Waals surface area (Å²) in [5.41, 5.74) is 8.46. The van der Waals surface area contributed by atoms with Crippen LogP contribution in [0.15, 0.2) is 30.7 Å². The molecule has 144 valence electrons. The first kappa shape index (κ1) is 19.0.